The average Bonchev–Trinajstić information content (AvgIpc) is 2.71. The number of hydrogen-bond acceptors (Lipinski definition) is 3. The fourth-order valence-corrected chi connectivity index (χ4v) is 1.50. The highest BCUT2D eigenvalue weighted by atomic mass is 16.4. The van der Waals surface area contributed by atoms with Crippen molar-refractivity contribution >= 4 is 12.0 Å². The van der Waals surface area contributed by atoms with Crippen LogP contribution < -0.4 is 10.6 Å². The standard InChI is InChI=1S/C14H22N2O4/c1-9-6-7-10(20-9)8-15-12(19)16-14(4,5)13(2,3)11(17)18/h6-7H,8H2,1-5H3,(H,17,18)(H2,15,16,19). The second kappa shape index (κ2) is 5.56. The van der Waals surface area contributed by atoms with Crippen LogP contribution in [0.4, 0.5) is 4.79 Å². The largest absolute Gasteiger partial charge is 0.481 e. The first-order valence-electron chi connectivity index (χ1n) is 6.41. The van der Waals surface area contributed by atoms with Crippen molar-refractivity contribution in [3.05, 3.63) is 23.7 Å². The first-order chi connectivity index (χ1) is 9.06. The molecule has 0 saturated carbocycles. The van der Waals surface area contributed by atoms with Crippen molar-refractivity contribution in [1.82, 2.24) is 10.6 Å². The van der Waals surface area contributed by atoms with Crippen LogP contribution in [0.3, 0.4) is 0 Å². The molecule has 112 valence electrons. The van der Waals surface area contributed by atoms with Gasteiger partial charge in [-0.25, -0.2) is 4.79 Å². The van der Waals surface area contributed by atoms with Crippen molar-refractivity contribution in [2.45, 2.75) is 46.7 Å². The van der Waals surface area contributed by atoms with E-state index in [0.29, 0.717) is 5.76 Å². The lowest BCUT2D eigenvalue weighted by Gasteiger charge is -2.38. The first kappa shape index (κ1) is 16.1. The van der Waals surface area contributed by atoms with Gasteiger partial charge in [0.25, 0.3) is 0 Å². The third kappa shape index (κ3) is 3.53. The molecule has 1 aromatic rings. The van der Waals surface area contributed by atoms with E-state index in [1.165, 1.54) is 0 Å². The smallest absolute Gasteiger partial charge is 0.315 e. The molecule has 0 bridgehead atoms. The van der Waals surface area contributed by atoms with Crippen molar-refractivity contribution in [3.8, 4) is 0 Å². The van der Waals surface area contributed by atoms with E-state index in [4.69, 9.17) is 4.42 Å². The highest BCUT2D eigenvalue weighted by Gasteiger charge is 2.44. The molecule has 1 aromatic heterocycles. The second-order valence-electron chi connectivity index (χ2n) is 5.88. The van der Waals surface area contributed by atoms with E-state index in [1.807, 2.05) is 13.0 Å². The monoisotopic (exact) mass is 282 g/mol. The first-order valence-corrected chi connectivity index (χ1v) is 6.41. The van der Waals surface area contributed by atoms with Crippen LogP contribution in [0.2, 0.25) is 0 Å². The quantitative estimate of drug-likeness (QED) is 0.772. The number of urea groups is 1. The Balaban J connectivity index is 2.59. The molecule has 0 aromatic carbocycles. The Kier molecular flexibility index (Phi) is 4.47. The van der Waals surface area contributed by atoms with Gasteiger partial charge in [-0.05, 0) is 46.8 Å². The number of rotatable bonds is 5. The molecule has 0 spiro atoms. The molecule has 0 aliphatic rings. The molecule has 0 saturated heterocycles. The normalized spacial score (nSPS) is 12.1. The number of nitrogens with one attached hydrogen (secondary N) is 2. The van der Waals surface area contributed by atoms with Gasteiger partial charge in [0.05, 0.1) is 17.5 Å². The lowest BCUT2D eigenvalue weighted by molar-refractivity contribution is -0.150. The van der Waals surface area contributed by atoms with Gasteiger partial charge in [0, 0.05) is 0 Å². The zero-order valence-corrected chi connectivity index (χ0v) is 12.5. The van der Waals surface area contributed by atoms with Crippen LogP contribution in [-0.2, 0) is 11.3 Å². The topological polar surface area (TPSA) is 91.6 Å². The molecule has 1 heterocycles. The van der Waals surface area contributed by atoms with Gasteiger partial charge >= 0.3 is 12.0 Å². The molecule has 2 amide bonds. The van der Waals surface area contributed by atoms with E-state index in [-0.39, 0.29) is 6.54 Å². The fourth-order valence-electron chi connectivity index (χ4n) is 1.50. The van der Waals surface area contributed by atoms with Crippen LogP contribution in [0.1, 0.15) is 39.2 Å². The Morgan fingerprint density at radius 2 is 1.85 bits per heavy atom. The lowest BCUT2D eigenvalue weighted by Crippen LogP contribution is -2.58. The average molecular weight is 282 g/mol. The number of carboxylic acid groups (broad SMARTS) is 1. The predicted octanol–water partition coefficient (Wildman–Crippen LogP) is 2.28. The van der Waals surface area contributed by atoms with Gasteiger partial charge in [0.2, 0.25) is 0 Å². The van der Waals surface area contributed by atoms with Crippen molar-refractivity contribution in [3.63, 3.8) is 0 Å². The minimum Gasteiger partial charge on any atom is -0.481 e. The van der Waals surface area contributed by atoms with Gasteiger partial charge in [-0.15, -0.1) is 0 Å². The minimum atomic E-state index is -1.09. The molecule has 6 nitrogen and oxygen atoms in total. The third-order valence-corrected chi connectivity index (χ3v) is 3.74. The molecule has 0 radical (unpaired) electrons. The van der Waals surface area contributed by atoms with Crippen LogP contribution in [0.5, 0.6) is 0 Å². The van der Waals surface area contributed by atoms with Crippen LogP contribution in [0, 0.1) is 12.3 Å². The molecule has 0 unspecified atom stereocenters. The van der Waals surface area contributed by atoms with E-state index >= 15 is 0 Å². The molecular formula is C14H22N2O4. The van der Waals surface area contributed by atoms with Crippen molar-refractivity contribution < 1.29 is 19.1 Å². The summed E-state index contributed by atoms with van der Waals surface area (Å²) in [6.07, 6.45) is 0. The summed E-state index contributed by atoms with van der Waals surface area (Å²) in [6, 6.07) is 3.16. The maximum atomic E-state index is 11.9. The summed E-state index contributed by atoms with van der Waals surface area (Å²) >= 11 is 0. The number of amides is 2. The summed E-state index contributed by atoms with van der Waals surface area (Å²) in [5.41, 5.74) is -1.99. The lowest BCUT2D eigenvalue weighted by atomic mass is 9.74. The summed E-state index contributed by atoms with van der Waals surface area (Å²) in [5, 5.41) is 14.5. The maximum absolute atomic E-state index is 11.9. The second-order valence-corrected chi connectivity index (χ2v) is 5.88. The van der Waals surface area contributed by atoms with E-state index in [2.05, 4.69) is 10.6 Å². The van der Waals surface area contributed by atoms with Gasteiger partial charge < -0.3 is 20.2 Å². The molecule has 0 fully saturated rings. The molecule has 0 aliphatic carbocycles. The number of aliphatic carboxylic acids is 1. The third-order valence-electron chi connectivity index (χ3n) is 3.74. The summed E-state index contributed by atoms with van der Waals surface area (Å²) in [7, 11) is 0. The van der Waals surface area contributed by atoms with Crippen molar-refractivity contribution in [1.29, 1.82) is 0 Å². The zero-order valence-electron chi connectivity index (χ0n) is 12.5. The molecule has 20 heavy (non-hydrogen) atoms. The summed E-state index contributed by atoms with van der Waals surface area (Å²) in [4.78, 5) is 23.1. The highest BCUT2D eigenvalue weighted by molar-refractivity contribution is 5.79. The summed E-state index contributed by atoms with van der Waals surface area (Å²) in [5.74, 6) is 0.451. The Bertz CT molecular complexity index is 503. The number of hydrogen-bond donors (Lipinski definition) is 3. The van der Waals surface area contributed by atoms with Crippen LogP contribution in [-0.4, -0.2) is 22.6 Å². The van der Waals surface area contributed by atoms with Crippen LogP contribution in [0.25, 0.3) is 0 Å². The Morgan fingerprint density at radius 3 is 2.30 bits per heavy atom. The highest BCUT2D eigenvalue weighted by Crippen LogP contribution is 2.30. The number of carbonyl (C=O) groups excluding carboxylic acids is 1. The predicted molar refractivity (Wildman–Crippen MR) is 74.3 cm³/mol. The van der Waals surface area contributed by atoms with E-state index in [9.17, 15) is 14.7 Å². The number of furan rings is 1. The molecular weight excluding hydrogens is 260 g/mol. The van der Waals surface area contributed by atoms with Crippen molar-refractivity contribution in [2.75, 3.05) is 0 Å². The van der Waals surface area contributed by atoms with Gasteiger partial charge in [0.1, 0.15) is 11.5 Å². The molecule has 0 aliphatic heterocycles. The number of carbonyl (C=O) groups is 2. The van der Waals surface area contributed by atoms with Gasteiger partial charge in [0.15, 0.2) is 0 Å². The summed E-state index contributed by atoms with van der Waals surface area (Å²) in [6.45, 7) is 8.58. The fraction of sp³-hybridized carbons (Fsp3) is 0.571. The zero-order chi connectivity index (χ0) is 15.6. The maximum Gasteiger partial charge on any atom is 0.315 e. The van der Waals surface area contributed by atoms with Gasteiger partial charge in [-0.1, -0.05) is 0 Å². The minimum absolute atomic E-state index is 0.253. The van der Waals surface area contributed by atoms with Gasteiger partial charge in [-0.3, -0.25) is 4.79 Å². The Morgan fingerprint density at radius 1 is 1.25 bits per heavy atom. The van der Waals surface area contributed by atoms with Gasteiger partial charge in [-0.2, -0.15) is 0 Å². The molecule has 0 atom stereocenters. The Hall–Kier alpha value is -1.98. The van der Waals surface area contributed by atoms with Crippen LogP contribution >= 0.6 is 0 Å². The number of carboxylic acids is 1. The van der Waals surface area contributed by atoms with E-state index < -0.39 is 23.0 Å². The Labute approximate surface area is 118 Å². The van der Waals surface area contributed by atoms with Crippen LogP contribution in [0.15, 0.2) is 16.5 Å². The van der Waals surface area contributed by atoms with E-state index in [1.54, 1.807) is 33.8 Å². The SMILES string of the molecule is Cc1ccc(CNC(=O)NC(C)(C)C(C)(C)C(=O)O)o1. The van der Waals surface area contributed by atoms with Crippen molar-refractivity contribution in [2.24, 2.45) is 5.41 Å². The molecule has 1 rings (SSSR count). The number of aryl methyl sites for hydroxylation is 1. The summed E-state index contributed by atoms with van der Waals surface area (Å²) < 4.78 is 5.33. The molecule has 3 N–H and O–H groups in total. The molecule has 6 heteroatoms. The van der Waals surface area contributed by atoms with E-state index in [0.717, 1.165) is 5.76 Å².